The van der Waals surface area contributed by atoms with Crippen molar-refractivity contribution in [2.24, 2.45) is 41.2 Å². The van der Waals surface area contributed by atoms with Crippen molar-refractivity contribution < 1.29 is 58.6 Å². The first kappa shape index (κ1) is 53.5. The van der Waals surface area contributed by atoms with Crippen molar-refractivity contribution >= 4 is 23.4 Å². The quantitative estimate of drug-likeness (QED) is 0.135. The Labute approximate surface area is 381 Å². The standard InChI is InChI=1S/C50H80N2O12/c1-29-15-11-10-12-16-30(2)42(62-9)27-37-21-19-35(7)50(60,64-37)47(57)48(58)52-22-14-13-17-39(52)49(59)63-43(38(51)25-36-20-18-31(3)41(26-36)61-8)28-40(53)32(4)24-34(6)45(55)46(56)44(54)33(5)23-29/h10-12,15-16,24,29,31-33,35-43,45-46,53,55-56,60H,13-14,17-23,25-28,51H2,1-9H3/b12-10+,15-11+,30-16+,34-24+/t29-,31-,32-,33-,35-,36+,37+,38-,39+,40-,41-,42+,43+,45-,46+,50-/m1/s1. The third kappa shape index (κ3) is 14.0. The molecule has 64 heavy (non-hydrogen) atoms. The summed E-state index contributed by atoms with van der Waals surface area (Å²) in [5, 5.41) is 45.7. The number of ether oxygens (including phenoxy) is 4. The van der Waals surface area contributed by atoms with Crippen LogP contribution in [0.25, 0.3) is 0 Å². The third-order valence-electron chi connectivity index (χ3n) is 14.5. The fourth-order valence-corrected chi connectivity index (χ4v) is 10.1. The van der Waals surface area contributed by atoms with Gasteiger partial charge in [0.2, 0.25) is 5.79 Å². The van der Waals surface area contributed by atoms with Crippen molar-refractivity contribution in [3.63, 3.8) is 0 Å². The minimum atomic E-state index is -2.43. The van der Waals surface area contributed by atoms with Gasteiger partial charge in [-0.3, -0.25) is 14.4 Å². The second kappa shape index (κ2) is 24.6. The van der Waals surface area contributed by atoms with Crippen LogP contribution in [0.2, 0.25) is 0 Å². The highest BCUT2D eigenvalue weighted by molar-refractivity contribution is 6.39. The van der Waals surface area contributed by atoms with E-state index in [1.807, 2.05) is 44.2 Å². The highest BCUT2D eigenvalue weighted by Gasteiger charge is 2.53. The summed E-state index contributed by atoms with van der Waals surface area (Å²) in [6, 6.07) is -1.86. The van der Waals surface area contributed by atoms with Crippen molar-refractivity contribution in [3.05, 3.63) is 47.6 Å². The van der Waals surface area contributed by atoms with Gasteiger partial charge in [-0.1, -0.05) is 71.1 Å². The highest BCUT2D eigenvalue weighted by atomic mass is 16.6. The molecule has 0 unspecified atom stereocenters. The fourth-order valence-electron chi connectivity index (χ4n) is 10.1. The lowest BCUT2D eigenvalue weighted by atomic mass is 9.77. The molecule has 16 atom stereocenters. The number of hydrogen-bond acceptors (Lipinski definition) is 13. The molecule has 0 spiro atoms. The Morgan fingerprint density at radius 2 is 1.56 bits per heavy atom. The van der Waals surface area contributed by atoms with Gasteiger partial charge in [-0.15, -0.1) is 0 Å². The van der Waals surface area contributed by atoms with Crippen molar-refractivity contribution in [3.8, 4) is 0 Å². The Balaban J connectivity index is 1.68. The van der Waals surface area contributed by atoms with Crippen molar-refractivity contribution in [1.29, 1.82) is 0 Å². The van der Waals surface area contributed by atoms with Crippen LogP contribution in [0, 0.1) is 35.5 Å². The number of amides is 1. The normalized spacial score (nSPS) is 42.0. The van der Waals surface area contributed by atoms with Crippen LogP contribution in [0.3, 0.4) is 0 Å². The van der Waals surface area contributed by atoms with Gasteiger partial charge in [-0.25, -0.2) is 4.79 Å². The number of cyclic esters (lactones) is 1. The molecule has 3 aliphatic heterocycles. The van der Waals surface area contributed by atoms with Crippen molar-refractivity contribution in [2.45, 2.75) is 186 Å². The number of carbonyl (C=O) groups is 4. The van der Waals surface area contributed by atoms with Gasteiger partial charge in [0, 0.05) is 57.4 Å². The van der Waals surface area contributed by atoms with Gasteiger partial charge in [0.1, 0.15) is 24.4 Å². The summed E-state index contributed by atoms with van der Waals surface area (Å²) >= 11 is 0. The SMILES string of the molecule is CO[C@H]1C[C@@H]2CC[C@@H](C)[C@@](O)(O2)C(=O)C(=O)N2CCCC[C@H]2C(=O)O[C@H]([C@H](N)C[C@@H]2CC[C@@H](C)[C@H](OC)C2)C[C@@H](O)[C@H](C)/C=C(\C)[C@@H](O)[C@@H](O)C(=O)[C@H](C)C[C@H](C)/C=C/C=C/C=C/1C. The molecule has 1 saturated carbocycles. The van der Waals surface area contributed by atoms with Crippen LogP contribution in [0.15, 0.2) is 47.6 Å². The second-order valence-electron chi connectivity index (χ2n) is 19.7. The third-order valence-corrected chi connectivity index (χ3v) is 14.5. The number of allylic oxidation sites excluding steroid dienone is 5. The summed E-state index contributed by atoms with van der Waals surface area (Å²) in [7, 11) is 3.27. The number of carbonyl (C=O) groups excluding carboxylic acids is 4. The summed E-state index contributed by atoms with van der Waals surface area (Å²) in [6.07, 6.45) is 10.8. The number of rotatable bonds is 5. The highest BCUT2D eigenvalue weighted by Crippen LogP contribution is 2.37. The molecule has 14 heteroatoms. The monoisotopic (exact) mass is 901 g/mol. The number of aliphatic hydroxyl groups is 4. The zero-order valence-electron chi connectivity index (χ0n) is 39.9. The Morgan fingerprint density at radius 1 is 0.844 bits per heavy atom. The Hall–Kier alpha value is -3.08. The first-order chi connectivity index (χ1) is 30.2. The molecule has 362 valence electrons. The van der Waals surface area contributed by atoms with Crippen LogP contribution in [0.1, 0.15) is 126 Å². The molecule has 1 amide bonds. The lowest BCUT2D eigenvalue weighted by molar-refractivity contribution is -0.265. The number of fused-ring (bicyclic) bond motifs is 3. The van der Waals surface area contributed by atoms with E-state index < -0.39 is 95.7 Å². The van der Waals surface area contributed by atoms with E-state index in [0.29, 0.717) is 56.4 Å². The molecule has 1 aliphatic carbocycles. The largest absolute Gasteiger partial charge is 0.459 e. The van der Waals surface area contributed by atoms with Crippen LogP contribution in [-0.4, -0.2) is 130 Å². The van der Waals surface area contributed by atoms with Gasteiger partial charge in [0.25, 0.3) is 11.7 Å². The van der Waals surface area contributed by atoms with Gasteiger partial charge in [-0.05, 0) is 107 Å². The Morgan fingerprint density at radius 3 is 2.25 bits per heavy atom. The summed E-state index contributed by atoms with van der Waals surface area (Å²) in [5.41, 5.74) is 8.07. The van der Waals surface area contributed by atoms with Gasteiger partial charge >= 0.3 is 5.97 Å². The van der Waals surface area contributed by atoms with E-state index in [4.69, 9.17) is 24.7 Å². The number of nitrogens with zero attached hydrogens (tertiary/aromatic N) is 1. The number of nitrogens with two attached hydrogens (primary N) is 1. The first-order valence-corrected chi connectivity index (χ1v) is 23.8. The predicted molar refractivity (Wildman–Crippen MR) is 243 cm³/mol. The molecule has 4 aliphatic rings. The lowest BCUT2D eigenvalue weighted by Crippen LogP contribution is -2.61. The lowest BCUT2D eigenvalue weighted by Gasteiger charge is -2.42. The summed E-state index contributed by atoms with van der Waals surface area (Å²) < 4.78 is 23.9. The molecule has 2 saturated heterocycles. The first-order valence-electron chi connectivity index (χ1n) is 23.8. The van der Waals surface area contributed by atoms with Crippen molar-refractivity contribution in [2.75, 3.05) is 20.8 Å². The number of aliphatic hydroxyl groups excluding tert-OH is 3. The van der Waals surface area contributed by atoms with E-state index in [0.717, 1.165) is 24.8 Å². The van der Waals surface area contributed by atoms with Gasteiger partial charge in [0.05, 0.1) is 24.4 Å². The van der Waals surface area contributed by atoms with Gasteiger partial charge in [0.15, 0.2) is 5.78 Å². The van der Waals surface area contributed by atoms with E-state index in [9.17, 15) is 39.6 Å². The maximum absolute atomic E-state index is 14.3. The molecule has 0 aromatic heterocycles. The number of esters is 1. The van der Waals surface area contributed by atoms with Crippen molar-refractivity contribution in [1.82, 2.24) is 4.90 Å². The average molecular weight is 901 g/mol. The average Bonchev–Trinajstić information content (AvgIpc) is 3.27. The van der Waals surface area contributed by atoms with Gasteiger partial charge in [-0.2, -0.15) is 0 Å². The maximum atomic E-state index is 14.3. The molecule has 4 rings (SSSR count). The van der Waals surface area contributed by atoms with E-state index in [1.54, 1.807) is 48.0 Å². The number of Topliss-reactive ketones (excluding diaryl/α,β-unsaturated/α-hetero) is 2. The summed E-state index contributed by atoms with van der Waals surface area (Å²) in [6.45, 7) is 12.8. The van der Waals surface area contributed by atoms with Crippen LogP contribution >= 0.6 is 0 Å². The topological polar surface area (TPSA) is 215 Å². The number of methoxy groups -OCH3 is 2. The molecular formula is C50H80N2O12. The Bertz CT molecular complexity index is 1700. The molecular weight excluding hydrogens is 821 g/mol. The molecule has 2 bridgehead atoms. The second-order valence-corrected chi connectivity index (χ2v) is 19.7. The minimum Gasteiger partial charge on any atom is -0.459 e. The molecule has 0 aromatic carbocycles. The summed E-state index contributed by atoms with van der Waals surface area (Å²) in [4.78, 5) is 57.2. The van der Waals surface area contributed by atoms with E-state index >= 15 is 0 Å². The molecule has 0 aromatic rings. The number of ketones is 2. The summed E-state index contributed by atoms with van der Waals surface area (Å²) in [5.74, 6) is -7.21. The Kier molecular flexibility index (Phi) is 20.6. The van der Waals surface area contributed by atoms with Crippen LogP contribution in [0.5, 0.6) is 0 Å². The molecule has 3 fully saturated rings. The maximum Gasteiger partial charge on any atom is 0.329 e. The van der Waals surface area contributed by atoms with Crippen LogP contribution < -0.4 is 5.73 Å². The minimum absolute atomic E-state index is 0.0241. The fraction of sp³-hybridized carbons (Fsp3) is 0.760. The van der Waals surface area contributed by atoms with E-state index in [1.165, 1.54) is 4.90 Å². The molecule has 3 heterocycles. The zero-order chi connectivity index (χ0) is 47.5. The van der Waals surface area contributed by atoms with E-state index in [-0.39, 0.29) is 37.3 Å². The predicted octanol–water partition coefficient (Wildman–Crippen LogP) is 5.28. The smallest absolute Gasteiger partial charge is 0.329 e. The number of hydrogen-bond donors (Lipinski definition) is 5. The zero-order valence-corrected chi connectivity index (χ0v) is 39.9. The number of piperidine rings is 1. The van der Waals surface area contributed by atoms with Gasteiger partial charge < -0.3 is 50.0 Å². The van der Waals surface area contributed by atoms with Crippen LogP contribution in [0.4, 0.5) is 0 Å². The van der Waals surface area contributed by atoms with Crippen LogP contribution in [-0.2, 0) is 38.1 Å². The molecule has 14 nitrogen and oxygen atoms in total. The molecule has 0 radical (unpaired) electrons. The van der Waals surface area contributed by atoms with E-state index in [2.05, 4.69) is 6.92 Å². The molecule has 6 N–H and O–H groups in total.